The summed E-state index contributed by atoms with van der Waals surface area (Å²) in [6.45, 7) is 0. The number of carbonyl (C=O) groups excluding carboxylic acids is 1. The van der Waals surface area contributed by atoms with Gasteiger partial charge < -0.3 is 14.8 Å². The number of hydrogen-bond donors (Lipinski definition) is 2. The van der Waals surface area contributed by atoms with E-state index in [1.807, 2.05) is 18.2 Å². The van der Waals surface area contributed by atoms with Crippen molar-refractivity contribution in [3.63, 3.8) is 0 Å². The van der Waals surface area contributed by atoms with Crippen LogP contribution in [0.1, 0.15) is 12.0 Å². The van der Waals surface area contributed by atoms with Crippen molar-refractivity contribution >= 4 is 17.3 Å². The van der Waals surface area contributed by atoms with Gasteiger partial charge in [0.05, 0.1) is 11.0 Å². The highest BCUT2D eigenvalue weighted by Crippen LogP contribution is 2.11. The van der Waals surface area contributed by atoms with Crippen LogP contribution < -0.4 is 5.69 Å². The number of benzene rings is 1. The van der Waals surface area contributed by atoms with E-state index >= 15 is 0 Å². The summed E-state index contributed by atoms with van der Waals surface area (Å²) in [6.07, 6.45) is 2.12. The number of fused-ring (bicyclic) bond motifs is 1. The molecule has 0 saturated carbocycles. The minimum absolute atomic E-state index is 0.201. The fourth-order valence-corrected chi connectivity index (χ4v) is 1.46. The topological polar surface area (TPSA) is 65.7 Å². The summed E-state index contributed by atoms with van der Waals surface area (Å²) >= 11 is 0. The van der Waals surface area contributed by atoms with Gasteiger partial charge in [-0.25, -0.2) is 4.79 Å². The number of nitrogens with one attached hydrogen (secondary N) is 2. The predicted molar refractivity (Wildman–Crippen MR) is 53.3 cm³/mol. The molecule has 0 fully saturated rings. The quantitative estimate of drug-likeness (QED) is 0.709. The smallest absolute Gasteiger partial charge is 0.306 e. The van der Waals surface area contributed by atoms with Gasteiger partial charge in [0, 0.05) is 6.42 Å². The molecule has 0 aliphatic heterocycles. The summed E-state index contributed by atoms with van der Waals surface area (Å²) in [4.78, 5) is 26.5. The van der Waals surface area contributed by atoms with Gasteiger partial charge in [-0.1, -0.05) is 6.07 Å². The second-order valence-electron chi connectivity index (χ2n) is 3.16. The lowest BCUT2D eigenvalue weighted by Gasteiger charge is -1.96. The average molecular weight is 190 g/mol. The molecule has 2 aromatic rings. The van der Waals surface area contributed by atoms with Gasteiger partial charge in [-0.2, -0.15) is 0 Å². The molecule has 0 saturated heterocycles. The van der Waals surface area contributed by atoms with Gasteiger partial charge in [-0.05, 0) is 24.1 Å². The third-order valence-corrected chi connectivity index (χ3v) is 2.13. The van der Waals surface area contributed by atoms with Gasteiger partial charge in [-0.3, -0.25) is 0 Å². The van der Waals surface area contributed by atoms with E-state index < -0.39 is 0 Å². The van der Waals surface area contributed by atoms with Gasteiger partial charge in [0.1, 0.15) is 6.29 Å². The molecule has 0 unspecified atom stereocenters. The Morgan fingerprint density at radius 1 is 1.21 bits per heavy atom. The average Bonchev–Trinajstić information content (AvgIpc) is 2.54. The molecule has 1 aromatic heterocycles. The number of hydrogen-bond acceptors (Lipinski definition) is 2. The predicted octanol–water partition coefficient (Wildman–Crippen LogP) is 0.988. The first-order valence-electron chi connectivity index (χ1n) is 4.44. The Morgan fingerprint density at radius 3 is 2.79 bits per heavy atom. The van der Waals surface area contributed by atoms with Crippen LogP contribution in [0, 0.1) is 0 Å². The summed E-state index contributed by atoms with van der Waals surface area (Å²) < 4.78 is 0. The van der Waals surface area contributed by atoms with Crippen molar-refractivity contribution < 1.29 is 4.79 Å². The number of aldehydes is 1. The monoisotopic (exact) mass is 190 g/mol. The van der Waals surface area contributed by atoms with Gasteiger partial charge in [0.25, 0.3) is 0 Å². The number of aromatic amines is 2. The molecule has 72 valence electrons. The lowest BCUT2D eigenvalue weighted by molar-refractivity contribution is -0.107. The molecule has 4 heteroatoms. The lowest BCUT2D eigenvalue weighted by atomic mass is 10.1. The Kier molecular flexibility index (Phi) is 2.18. The van der Waals surface area contributed by atoms with E-state index in [1.165, 1.54) is 0 Å². The number of carbonyl (C=O) groups is 1. The summed E-state index contributed by atoms with van der Waals surface area (Å²) in [6, 6.07) is 5.64. The van der Waals surface area contributed by atoms with Crippen molar-refractivity contribution in [2.75, 3.05) is 0 Å². The molecule has 1 heterocycles. The SMILES string of the molecule is O=CCCc1ccc2[nH]c(=O)[nH]c2c1. The minimum Gasteiger partial charge on any atom is -0.306 e. The molecule has 14 heavy (non-hydrogen) atoms. The van der Waals surface area contributed by atoms with E-state index in [-0.39, 0.29) is 5.69 Å². The normalized spacial score (nSPS) is 10.6. The second kappa shape index (κ2) is 3.49. The van der Waals surface area contributed by atoms with E-state index in [4.69, 9.17) is 0 Å². The van der Waals surface area contributed by atoms with Crippen LogP contribution in [-0.2, 0) is 11.2 Å². The highest BCUT2D eigenvalue weighted by atomic mass is 16.1. The highest BCUT2D eigenvalue weighted by molar-refractivity contribution is 5.75. The molecular weight excluding hydrogens is 180 g/mol. The summed E-state index contributed by atoms with van der Waals surface area (Å²) in [7, 11) is 0. The first-order valence-corrected chi connectivity index (χ1v) is 4.44. The molecule has 1 aromatic carbocycles. The van der Waals surface area contributed by atoms with Crippen LogP contribution >= 0.6 is 0 Å². The van der Waals surface area contributed by atoms with E-state index in [0.717, 1.165) is 22.9 Å². The van der Waals surface area contributed by atoms with Crippen LogP contribution in [-0.4, -0.2) is 16.3 Å². The third kappa shape index (κ3) is 1.59. The molecule has 4 nitrogen and oxygen atoms in total. The summed E-state index contributed by atoms with van der Waals surface area (Å²) in [5.41, 5.74) is 2.44. The van der Waals surface area contributed by atoms with Crippen molar-refractivity contribution in [1.29, 1.82) is 0 Å². The molecular formula is C10H10N2O2. The van der Waals surface area contributed by atoms with Gasteiger partial charge >= 0.3 is 5.69 Å². The lowest BCUT2D eigenvalue weighted by Crippen LogP contribution is -1.99. The zero-order valence-corrected chi connectivity index (χ0v) is 7.54. The van der Waals surface area contributed by atoms with E-state index in [9.17, 15) is 9.59 Å². The Bertz CT molecular complexity index is 510. The van der Waals surface area contributed by atoms with Crippen molar-refractivity contribution in [2.45, 2.75) is 12.8 Å². The molecule has 0 spiro atoms. The molecule has 0 bridgehead atoms. The summed E-state index contributed by atoms with van der Waals surface area (Å²) in [5.74, 6) is 0. The molecule has 2 rings (SSSR count). The highest BCUT2D eigenvalue weighted by Gasteiger charge is 1.99. The zero-order chi connectivity index (χ0) is 9.97. The maximum atomic E-state index is 10.9. The van der Waals surface area contributed by atoms with Crippen molar-refractivity contribution in [2.24, 2.45) is 0 Å². The zero-order valence-electron chi connectivity index (χ0n) is 7.54. The first kappa shape index (κ1) is 8.74. The van der Waals surface area contributed by atoms with Crippen LogP contribution in [0.3, 0.4) is 0 Å². The largest absolute Gasteiger partial charge is 0.323 e. The number of rotatable bonds is 3. The molecule has 0 amide bonds. The second-order valence-corrected chi connectivity index (χ2v) is 3.16. The summed E-state index contributed by atoms with van der Waals surface area (Å²) in [5, 5.41) is 0. The number of imidazole rings is 1. The Labute approximate surface area is 80.0 Å². The number of aryl methyl sites for hydroxylation is 1. The van der Waals surface area contributed by atoms with Crippen LogP contribution in [0.15, 0.2) is 23.0 Å². The molecule has 2 N–H and O–H groups in total. The fraction of sp³-hybridized carbons (Fsp3) is 0.200. The van der Waals surface area contributed by atoms with E-state index in [2.05, 4.69) is 9.97 Å². The molecule has 0 aliphatic rings. The van der Waals surface area contributed by atoms with E-state index in [1.54, 1.807) is 0 Å². The van der Waals surface area contributed by atoms with Crippen LogP contribution in [0.25, 0.3) is 11.0 Å². The Balaban J connectivity index is 2.40. The maximum absolute atomic E-state index is 10.9. The van der Waals surface area contributed by atoms with Crippen LogP contribution in [0.4, 0.5) is 0 Å². The van der Waals surface area contributed by atoms with Gasteiger partial charge in [-0.15, -0.1) is 0 Å². The number of aromatic nitrogens is 2. The number of H-pyrrole nitrogens is 2. The third-order valence-electron chi connectivity index (χ3n) is 2.13. The van der Waals surface area contributed by atoms with Gasteiger partial charge in [0.15, 0.2) is 0 Å². The minimum atomic E-state index is -0.201. The van der Waals surface area contributed by atoms with Crippen molar-refractivity contribution in [1.82, 2.24) is 9.97 Å². The molecule has 0 aliphatic carbocycles. The Hall–Kier alpha value is -1.84. The van der Waals surface area contributed by atoms with Crippen molar-refractivity contribution in [3.8, 4) is 0 Å². The standard InChI is InChI=1S/C10H10N2O2/c13-5-1-2-7-3-4-8-9(6-7)12-10(14)11-8/h3-6H,1-2H2,(H2,11,12,14). The van der Waals surface area contributed by atoms with E-state index in [0.29, 0.717) is 12.8 Å². The maximum Gasteiger partial charge on any atom is 0.323 e. The van der Waals surface area contributed by atoms with Gasteiger partial charge in [0.2, 0.25) is 0 Å². The first-order chi connectivity index (χ1) is 6.79. The molecule has 0 atom stereocenters. The van der Waals surface area contributed by atoms with Crippen LogP contribution in [0.2, 0.25) is 0 Å². The van der Waals surface area contributed by atoms with Crippen molar-refractivity contribution in [3.05, 3.63) is 34.2 Å². The molecule has 0 radical (unpaired) electrons. The van der Waals surface area contributed by atoms with Crippen LogP contribution in [0.5, 0.6) is 0 Å². The Morgan fingerprint density at radius 2 is 2.00 bits per heavy atom. The fourth-order valence-electron chi connectivity index (χ4n) is 1.46.